The van der Waals surface area contributed by atoms with Crippen molar-refractivity contribution in [2.75, 3.05) is 31.1 Å². The van der Waals surface area contributed by atoms with Crippen molar-refractivity contribution in [1.82, 2.24) is 24.8 Å². The van der Waals surface area contributed by atoms with Crippen LogP contribution in [0.2, 0.25) is 0 Å². The zero-order valence-corrected chi connectivity index (χ0v) is 16.9. The molecule has 1 aliphatic rings. The Hall–Kier alpha value is -2.80. The standard InChI is InChI=1S/C20H24N6O.ClH/c1-15(2)22-20(27)25-12-10-24(11-13-25)19-9-8-18-21-14-17(26(18)23-19)16-6-4-3-5-7-16;/h3-9,14-15H,10-13H2,1-2H3,(H,22,27);1H. The second-order valence-electron chi connectivity index (χ2n) is 7.05. The molecule has 28 heavy (non-hydrogen) atoms. The number of halogens is 1. The molecule has 3 heterocycles. The predicted octanol–water partition coefficient (Wildman–Crippen LogP) is 3.06. The molecule has 1 saturated heterocycles. The first-order valence-corrected chi connectivity index (χ1v) is 9.32. The Kier molecular flexibility index (Phi) is 6.04. The number of aromatic nitrogens is 3. The molecule has 0 aliphatic carbocycles. The molecule has 1 aromatic carbocycles. The number of nitrogens with zero attached hydrogens (tertiary/aromatic N) is 5. The van der Waals surface area contributed by atoms with E-state index in [1.165, 1.54) is 0 Å². The van der Waals surface area contributed by atoms with Gasteiger partial charge in [0.25, 0.3) is 0 Å². The second-order valence-corrected chi connectivity index (χ2v) is 7.05. The highest BCUT2D eigenvalue weighted by Gasteiger charge is 2.22. The van der Waals surface area contributed by atoms with Gasteiger partial charge < -0.3 is 15.1 Å². The van der Waals surface area contributed by atoms with Gasteiger partial charge in [-0.3, -0.25) is 0 Å². The highest BCUT2D eigenvalue weighted by Crippen LogP contribution is 2.22. The van der Waals surface area contributed by atoms with Gasteiger partial charge in [0.1, 0.15) is 5.82 Å². The molecule has 3 aromatic rings. The van der Waals surface area contributed by atoms with Crippen molar-refractivity contribution < 1.29 is 4.79 Å². The molecular weight excluding hydrogens is 376 g/mol. The first kappa shape index (κ1) is 19.9. The van der Waals surface area contributed by atoms with E-state index in [-0.39, 0.29) is 24.5 Å². The Bertz CT molecular complexity index is 934. The molecule has 1 fully saturated rings. The Labute approximate surface area is 170 Å². The highest BCUT2D eigenvalue weighted by molar-refractivity contribution is 5.85. The Morgan fingerprint density at radius 3 is 2.43 bits per heavy atom. The number of nitrogens with one attached hydrogen (secondary N) is 1. The van der Waals surface area contributed by atoms with Crippen molar-refractivity contribution in [3.05, 3.63) is 48.7 Å². The maximum atomic E-state index is 12.2. The Balaban J connectivity index is 0.00000225. The van der Waals surface area contributed by atoms with Gasteiger partial charge in [0.15, 0.2) is 5.65 Å². The van der Waals surface area contributed by atoms with Gasteiger partial charge >= 0.3 is 6.03 Å². The minimum Gasteiger partial charge on any atom is -0.352 e. The predicted molar refractivity (Wildman–Crippen MR) is 113 cm³/mol. The van der Waals surface area contributed by atoms with Crippen molar-refractivity contribution >= 4 is 29.9 Å². The Morgan fingerprint density at radius 1 is 1.04 bits per heavy atom. The number of hydrogen-bond acceptors (Lipinski definition) is 4. The van der Waals surface area contributed by atoms with E-state index in [9.17, 15) is 4.79 Å². The summed E-state index contributed by atoms with van der Waals surface area (Å²) in [7, 11) is 0. The van der Waals surface area contributed by atoms with E-state index in [1.54, 1.807) is 0 Å². The number of urea groups is 1. The molecule has 0 bridgehead atoms. The van der Waals surface area contributed by atoms with Crippen LogP contribution in [0.25, 0.3) is 16.9 Å². The smallest absolute Gasteiger partial charge is 0.317 e. The van der Waals surface area contributed by atoms with Crippen LogP contribution in [-0.4, -0.2) is 57.7 Å². The second kappa shape index (κ2) is 8.48. The van der Waals surface area contributed by atoms with Crippen LogP contribution < -0.4 is 10.2 Å². The number of piperazine rings is 1. The molecule has 1 N–H and O–H groups in total. The number of imidazole rings is 1. The first-order valence-electron chi connectivity index (χ1n) is 9.32. The third-order valence-corrected chi connectivity index (χ3v) is 4.72. The zero-order chi connectivity index (χ0) is 18.8. The summed E-state index contributed by atoms with van der Waals surface area (Å²) in [4.78, 5) is 20.7. The van der Waals surface area contributed by atoms with E-state index >= 15 is 0 Å². The van der Waals surface area contributed by atoms with Gasteiger partial charge in [-0.15, -0.1) is 17.5 Å². The van der Waals surface area contributed by atoms with E-state index in [0.717, 1.165) is 35.8 Å². The monoisotopic (exact) mass is 400 g/mol. The lowest BCUT2D eigenvalue weighted by atomic mass is 10.2. The summed E-state index contributed by atoms with van der Waals surface area (Å²) in [5.41, 5.74) is 2.89. The third kappa shape index (κ3) is 4.04. The van der Waals surface area contributed by atoms with E-state index in [1.807, 2.05) is 59.8 Å². The van der Waals surface area contributed by atoms with Crippen molar-refractivity contribution in [3.8, 4) is 11.3 Å². The molecule has 4 rings (SSSR count). The van der Waals surface area contributed by atoms with E-state index in [4.69, 9.17) is 5.10 Å². The lowest BCUT2D eigenvalue weighted by Crippen LogP contribution is -2.53. The largest absolute Gasteiger partial charge is 0.352 e. The van der Waals surface area contributed by atoms with Crippen LogP contribution >= 0.6 is 12.4 Å². The van der Waals surface area contributed by atoms with Gasteiger partial charge in [0.05, 0.1) is 11.9 Å². The van der Waals surface area contributed by atoms with Crippen molar-refractivity contribution in [2.45, 2.75) is 19.9 Å². The molecule has 1 aliphatic heterocycles. The number of amides is 2. The summed E-state index contributed by atoms with van der Waals surface area (Å²) in [6, 6.07) is 14.3. The van der Waals surface area contributed by atoms with E-state index in [2.05, 4.69) is 27.3 Å². The van der Waals surface area contributed by atoms with Gasteiger partial charge in [0.2, 0.25) is 0 Å². The highest BCUT2D eigenvalue weighted by atomic mass is 35.5. The summed E-state index contributed by atoms with van der Waals surface area (Å²) in [6.45, 7) is 6.85. The summed E-state index contributed by atoms with van der Waals surface area (Å²) in [6.07, 6.45) is 1.86. The molecule has 148 valence electrons. The fraction of sp³-hybridized carbons (Fsp3) is 0.350. The molecule has 0 unspecified atom stereocenters. The van der Waals surface area contributed by atoms with Gasteiger partial charge in [-0.1, -0.05) is 30.3 Å². The van der Waals surface area contributed by atoms with Crippen molar-refractivity contribution in [3.63, 3.8) is 0 Å². The van der Waals surface area contributed by atoms with Crippen LogP contribution in [0, 0.1) is 0 Å². The van der Waals surface area contributed by atoms with Crippen LogP contribution in [-0.2, 0) is 0 Å². The quantitative estimate of drug-likeness (QED) is 0.733. The van der Waals surface area contributed by atoms with Crippen molar-refractivity contribution in [1.29, 1.82) is 0 Å². The summed E-state index contributed by atoms with van der Waals surface area (Å²) in [5, 5.41) is 7.77. The SMILES string of the molecule is CC(C)NC(=O)N1CCN(c2ccc3ncc(-c4ccccc4)n3n2)CC1.Cl. The normalized spacial score (nSPS) is 14.2. The average Bonchev–Trinajstić information content (AvgIpc) is 3.11. The van der Waals surface area contributed by atoms with Crippen LogP contribution in [0.1, 0.15) is 13.8 Å². The lowest BCUT2D eigenvalue weighted by molar-refractivity contribution is 0.191. The number of hydrogen-bond donors (Lipinski definition) is 1. The van der Waals surface area contributed by atoms with Gasteiger partial charge in [-0.2, -0.15) is 0 Å². The van der Waals surface area contributed by atoms with Gasteiger partial charge in [-0.05, 0) is 26.0 Å². The number of benzene rings is 1. The summed E-state index contributed by atoms with van der Waals surface area (Å²) < 4.78 is 1.89. The fourth-order valence-corrected chi connectivity index (χ4v) is 3.31. The topological polar surface area (TPSA) is 65.8 Å². The molecule has 7 nitrogen and oxygen atoms in total. The number of carbonyl (C=O) groups is 1. The molecule has 0 saturated carbocycles. The van der Waals surface area contributed by atoms with Gasteiger partial charge in [-0.25, -0.2) is 14.3 Å². The molecule has 2 aromatic heterocycles. The van der Waals surface area contributed by atoms with Crippen LogP contribution in [0.5, 0.6) is 0 Å². The van der Waals surface area contributed by atoms with Crippen molar-refractivity contribution in [2.24, 2.45) is 0 Å². The number of fused-ring (bicyclic) bond motifs is 1. The first-order chi connectivity index (χ1) is 13.1. The minimum atomic E-state index is 0. The van der Waals surface area contributed by atoms with Crippen LogP contribution in [0.3, 0.4) is 0 Å². The summed E-state index contributed by atoms with van der Waals surface area (Å²) in [5.74, 6) is 0.904. The number of rotatable bonds is 3. The zero-order valence-electron chi connectivity index (χ0n) is 16.1. The maximum Gasteiger partial charge on any atom is 0.317 e. The minimum absolute atomic E-state index is 0. The lowest BCUT2D eigenvalue weighted by Gasteiger charge is -2.35. The fourth-order valence-electron chi connectivity index (χ4n) is 3.31. The molecule has 0 spiro atoms. The molecular formula is C20H25ClN6O. The molecule has 0 atom stereocenters. The Morgan fingerprint density at radius 2 is 1.75 bits per heavy atom. The number of anilines is 1. The molecule has 8 heteroatoms. The van der Waals surface area contributed by atoms with Gasteiger partial charge in [0, 0.05) is 37.8 Å². The maximum absolute atomic E-state index is 12.2. The van der Waals surface area contributed by atoms with Crippen LogP contribution in [0.15, 0.2) is 48.7 Å². The number of carbonyl (C=O) groups excluding carboxylic acids is 1. The third-order valence-electron chi connectivity index (χ3n) is 4.72. The molecule has 2 amide bonds. The van der Waals surface area contributed by atoms with E-state index in [0.29, 0.717) is 13.1 Å². The molecule has 0 radical (unpaired) electrons. The van der Waals surface area contributed by atoms with Crippen LogP contribution in [0.4, 0.5) is 10.6 Å². The summed E-state index contributed by atoms with van der Waals surface area (Å²) >= 11 is 0. The van der Waals surface area contributed by atoms with E-state index < -0.39 is 0 Å². The average molecular weight is 401 g/mol.